The van der Waals surface area contributed by atoms with Crippen molar-refractivity contribution in [2.75, 3.05) is 0 Å². The van der Waals surface area contributed by atoms with E-state index in [2.05, 4.69) is 0 Å². The van der Waals surface area contributed by atoms with E-state index in [-0.39, 0.29) is 0 Å². The van der Waals surface area contributed by atoms with Crippen LogP contribution in [0.25, 0.3) is 0 Å². The summed E-state index contributed by atoms with van der Waals surface area (Å²) in [5, 5.41) is 9.87. The predicted molar refractivity (Wildman–Crippen MR) is 97.0 cm³/mol. The molecular weight excluding hydrogens is 430 g/mol. The summed E-state index contributed by atoms with van der Waals surface area (Å²) < 4.78 is 82.9. The molecule has 5 nitrogen and oxygen atoms in total. The Morgan fingerprint density at radius 1 is 0.677 bits per heavy atom. The Morgan fingerprint density at radius 3 is 1.48 bits per heavy atom. The molecule has 2 aromatic carbocycles. The largest absolute Gasteiger partial charge is 0.494 e. The van der Waals surface area contributed by atoms with E-state index in [9.17, 15) is 41.0 Å². The SMILES string of the molecule is O=c1cc(O)n(C[C@@H](F)c2cc(F)cc(F)c2)c(=O)n1C[C@@H](F)c1cc(F)cc(F)c1. The van der Waals surface area contributed by atoms with Crippen molar-refractivity contribution in [3.63, 3.8) is 0 Å². The maximum Gasteiger partial charge on any atom is 0.333 e. The van der Waals surface area contributed by atoms with Crippen molar-refractivity contribution in [3.05, 3.63) is 97.7 Å². The number of hydrogen-bond acceptors (Lipinski definition) is 3. The molecule has 1 heterocycles. The van der Waals surface area contributed by atoms with Crippen LogP contribution in [-0.4, -0.2) is 14.2 Å². The van der Waals surface area contributed by atoms with Gasteiger partial charge in [0.05, 0.1) is 19.2 Å². The van der Waals surface area contributed by atoms with Crippen LogP contribution in [0.3, 0.4) is 0 Å². The molecule has 0 spiro atoms. The molecule has 0 bridgehead atoms. The maximum atomic E-state index is 14.5. The zero-order valence-corrected chi connectivity index (χ0v) is 15.5. The van der Waals surface area contributed by atoms with Gasteiger partial charge in [0, 0.05) is 12.1 Å². The second-order valence-electron chi connectivity index (χ2n) is 6.69. The average molecular weight is 444 g/mol. The van der Waals surface area contributed by atoms with Gasteiger partial charge in [-0.2, -0.15) is 0 Å². The molecule has 0 aliphatic rings. The molecule has 2 atom stereocenters. The summed E-state index contributed by atoms with van der Waals surface area (Å²) in [6.45, 7) is -1.92. The van der Waals surface area contributed by atoms with Crippen molar-refractivity contribution in [1.82, 2.24) is 9.13 Å². The molecule has 0 amide bonds. The highest BCUT2D eigenvalue weighted by molar-refractivity contribution is 5.22. The summed E-state index contributed by atoms with van der Waals surface area (Å²) in [5.74, 6) is -5.24. The highest BCUT2D eigenvalue weighted by Crippen LogP contribution is 2.23. The van der Waals surface area contributed by atoms with Crippen LogP contribution in [0.15, 0.2) is 52.1 Å². The number of nitrogens with zero attached hydrogens (tertiary/aromatic N) is 2. The Morgan fingerprint density at radius 2 is 1.06 bits per heavy atom. The maximum absolute atomic E-state index is 14.5. The topological polar surface area (TPSA) is 64.2 Å². The molecule has 11 heteroatoms. The van der Waals surface area contributed by atoms with Gasteiger partial charge >= 0.3 is 5.69 Å². The third-order valence-corrected chi connectivity index (χ3v) is 4.44. The molecule has 0 fully saturated rings. The van der Waals surface area contributed by atoms with Gasteiger partial charge in [-0.15, -0.1) is 0 Å². The number of aromatic hydroxyl groups is 1. The number of hydrogen-bond donors (Lipinski definition) is 1. The van der Waals surface area contributed by atoms with E-state index in [0.717, 1.165) is 0 Å². The first-order valence-corrected chi connectivity index (χ1v) is 8.79. The molecule has 164 valence electrons. The van der Waals surface area contributed by atoms with E-state index in [0.29, 0.717) is 51.6 Å². The van der Waals surface area contributed by atoms with E-state index in [1.165, 1.54) is 0 Å². The lowest BCUT2D eigenvalue weighted by Crippen LogP contribution is -2.40. The Balaban J connectivity index is 1.94. The molecule has 0 radical (unpaired) electrons. The van der Waals surface area contributed by atoms with Crippen LogP contribution >= 0.6 is 0 Å². The number of aromatic nitrogens is 2. The average Bonchev–Trinajstić information content (AvgIpc) is 2.66. The Bertz CT molecular complexity index is 1200. The summed E-state index contributed by atoms with van der Waals surface area (Å²) in [6, 6.07) is 4.24. The van der Waals surface area contributed by atoms with E-state index < -0.39 is 77.0 Å². The summed E-state index contributed by atoms with van der Waals surface area (Å²) in [4.78, 5) is 24.6. The summed E-state index contributed by atoms with van der Waals surface area (Å²) in [7, 11) is 0. The molecule has 0 saturated carbocycles. The van der Waals surface area contributed by atoms with E-state index in [1.54, 1.807) is 0 Å². The predicted octanol–water partition coefficient (Wildman–Crippen LogP) is 3.69. The van der Waals surface area contributed by atoms with Gasteiger partial charge in [0.2, 0.25) is 5.88 Å². The van der Waals surface area contributed by atoms with Crippen LogP contribution in [0, 0.1) is 23.3 Å². The molecule has 1 N–H and O–H groups in total. The van der Waals surface area contributed by atoms with Gasteiger partial charge in [0.15, 0.2) is 0 Å². The van der Waals surface area contributed by atoms with Crippen LogP contribution < -0.4 is 11.2 Å². The van der Waals surface area contributed by atoms with Gasteiger partial charge in [0.1, 0.15) is 35.6 Å². The van der Waals surface area contributed by atoms with Crippen molar-refractivity contribution in [2.24, 2.45) is 0 Å². The fraction of sp³-hybridized carbons (Fsp3) is 0.200. The van der Waals surface area contributed by atoms with E-state index in [4.69, 9.17) is 0 Å². The lowest BCUT2D eigenvalue weighted by Gasteiger charge is -2.16. The number of halogens is 6. The summed E-state index contributed by atoms with van der Waals surface area (Å²) in [6.07, 6.45) is -4.36. The standard InChI is InChI=1S/C20H14F6N2O3/c21-12-1-10(2-13(22)5-12)16(25)8-27-18(29)7-19(30)28(20(27)31)9-17(26)11-3-14(23)6-15(24)4-11/h1-7,16-17,29H,8-9H2/t16-,17-/m1/s1. The van der Waals surface area contributed by atoms with Gasteiger partial charge in [-0.25, -0.2) is 31.1 Å². The van der Waals surface area contributed by atoms with Crippen LogP contribution in [-0.2, 0) is 13.1 Å². The first-order chi connectivity index (χ1) is 14.5. The Labute approximate surface area is 170 Å². The summed E-state index contributed by atoms with van der Waals surface area (Å²) in [5.41, 5.74) is -3.43. The minimum absolute atomic E-state index is 0.298. The number of rotatable bonds is 6. The quantitative estimate of drug-likeness (QED) is 0.590. The second-order valence-corrected chi connectivity index (χ2v) is 6.69. The molecule has 0 unspecified atom stereocenters. The van der Waals surface area contributed by atoms with Gasteiger partial charge in [-0.05, 0) is 35.4 Å². The molecule has 0 aliphatic heterocycles. The van der Waals surface area contributed by atoms with E-state index in [1.807, 2.05) is 0 Å². The Kier molecular flexibility index (Phi) is 6.23. The molecule has 0 aliphatic carbocycles. The second kappa shape index (κ2) is 8.70. The first kappa shape index (κ1) is 22.2. The van der Waals surface area contributed by atoms with Crippen molar-refractivity contribution < 1.29 is 31.4 Å². The van der Waals surface area contributed by atoms with E-state index >= 15 is 0 Å². The molecule has 3 aromatic rings. The van der Waals surface area contributed by atoms with Gasteiger partial charge in [-0.3, -0.25) is 13.9 Å². The van der Waals surface area contributed by atoms with Crippen molar-refractivity contribution >= 4 is 0 Å². The van der Waals surface area contributed by atoms with Crippen molar-refractivity contribution in [3.8, 4) is 5.88 Å². The highest BCUT2D eigenvalue weighted by Gasteiger charge is 2.21. The zero-order chi connectivity index (χ0) is 22.9. The van der Waals surface area contributed by atoms with Gasteiger partial charge in [-0.1, -0.05) is 0 Å². The third-order valence-electron chi connectivity index (χ3n) is 4.44. The van der Waals surface area contributed by atoms with Crippen LogP contribution in [0.1, 0.15) is 23.5 Å². The van der Waals surface area contributed by atoms with Gasteiger partial charge < -0.3 is 5.11 Å². The van der Waals surface area contributed by atoms with Crippen molar-refractivity contribution in [1.29, 1.82) is 0 Å². The fourth-order valence-corrected chi connectivity index (χ4v) is 2.99. The highest BCUT2D eigenvalue weighted by atomic mass is 19.2. The number of benzene rings is 2. The van der Waals surface area contributed by atoms with Crippen LogP contribution in [0.4, 0.5) is 26.3 Å². The normalized spacial score (nSPS) is 13.2. The number of alkyl halides is 2. The zero-order valence-electron chi connectivity index (χ0n) is 15.5. The lowest BCUT2D eigenvalue weighted by molar-refractivity contribution is 0.260. The fourth-order valence-electron chi connectivity index (χ4n) is 2.99. The minimum atomic E-state index is -2.19. The molecule has 1 aromatic heterocycles. The third kappa shape index (κ3) is 4.98. The lowest BCUT2D eigenvalue weighted by atomic mass is 10.1. The molecular formula is C20H14F6N2O3. The monoisotopic (exact) mass is 444 g/mol. The Hall–Kier alpha value is -3.50. The van der Waals surface area contributed by atoms with Crippen molar-refractivity contribution in [2.45, 2.75) is 25.4 Å². The molecule has 31 heavy (non-hydrogen) atoms. The van der Waals surface area contributed by atoms with Crippen LogP contribution in [0.2, 0.25) is 0 Å². The smallest absolute Gasteiger partial charge is 0.333 e. The van der Waals surface area contributed by atoms with Crippen LogP contribution in [0.5, 0.6) is 5.88 Å². The molecule has 0 saturated heterocycles. The summed E-state index contributed by atoms with van der Waals surface area (Å²) >= 11 is 0. The van der Waals surface area contributed by atoms with Gasteiger partial charge in [0.25, 0.3) is 5.56 Å². The minimum Gasteiger partial charge on any atom is -0.494 e. The first-order valence-electron chi connectivity index (χ1n) is 8.79. The molecule has 3 rings (SSSR count).